The summed E-state index contributed by atoms with van der Waals surface area (Å²) in [4.78, 5) is 8.37. The number of hydrogen-bond donors (Lipinski definition) is 1. The van der Waals surface area contributed by atoms with Crippen molar-refractivity contribution >= 4 is 28.3 Å². The number of amidine groups is 1. The van der Waals surface area contributed by atoms with E-state index in [4.69, 9.17) is 0 Å². The molecule has 1 heterocycles. The number of benzene rings is 1. The zero-order valence-corrected chi connectivity index (χ0v) is 15.6. The van der Waals surface area contributed by atoms with Crippen molar-refractivity contribution in [2.24, 2.45) is 4.99 Å². The Hall–Kier alpha value is -2.73. The SMILES string of the molecule is O=[N+]([O-])c1ccc(NC2=NC(C(F)(F)F)(C(F)(F)F)C(=C(F)C(F)(F)F)S2)cc1C(F)(F)F. The lowest BCUT2D eigenvalue weighted by Gasteiger charge is -2.31. The van der Waals surface area contributed by atoms with Gasteiger partial charge < -0.3 is 5.32 Å². The molecule has 0 saturated heterocycles. The first-order valence-electron chi connectivity index (χ1n) is 7.64. The number of alkyl halides is 12. The lowest BCUT2D eigenvalue weighted by molar-refractivity contribution is -0.388. The maximum absolute atomic E-state index is 13.7. The summed E-state index contributed by atoms with van der Waals surface area (Å²) in [6, 6.07) is 0.478. The van der Waals surface area contributed by atoms with Crippen molar-refractivity contribution < 1.29 is 62.0 Å². The summed E-state index contributed by atoms with van der Waals surface area (Å²) in [7, 11) is 0. The highest BCUT2D eigenvalue weighted by Crippen LogP contribution is 2.59. The van der Waals surface area contributed by atoms with Crippen LogP contribution in [0.5, 0.6) is 0 Å². The molecule has 0 fully saturated rings. The Bertz CT molecular complexity index is 1010. The van der Waals surface area contributed by atoms with Gasteiger partial charge >= 0.3 is 24.7 Å². The summed E-state index contributed by atoms with van der Waals surface area (Å²) in [5.74, 6) is -3.78. The summed E-state index contributed by atoms with van der Waals surface area (Å²) in [5.41, 5.74) is -10.3. The average Bonchev–Trinajstić information content (AvgIpc) is 2.99. The van der Waals surface area contributed by atoms with Crippen LogP contribution in [0.4, 0.5) is 68.5 Å². The minimum Gasteiger partial charge on any atom is -0.335 e. The highest BCUT2D eigenvalue weighted by molar-refractivity contribution is 8.17. The smallest absolute Gasteiger partial charge is 0.335 e. The number of aliphatic imine (C=N–C) groups is 1. The molecule has 19 heteroatoms. The summed E-state index contributed by atoms with van der Waals surface area (Å²) < 4.78 is 170. The molecule has 0 spiro atoms. The Kier molecular flexibility index (Phi) is 6.38. The molecule has 33 heavy (non-hydrogen) atoms. The molecule has 0 bridgehead atoms. The van der Waals surface area contributed by atoms with E-state index < -0.39 is 79.8 Å². The summed E-state index contributed by atoms with van der Waals surface area (Å²) in [6.45, 7) is 0. The van der Waals surface area contributed by atoms with Crippen molar-refractivity contribution in [3.8, 4) is 0 Å². The second-order valence-corrected chi connectivity index (χ2v) is 6.98. The summed E-state index contributed by atoms with van der Waals surface area (Å²) >= 11 is -1.11. The molecule has 1 aromatic carbocycles. The van der Waals surface area contributed by atoms with Crippen LogP contribution in [0.3, 0.4) is 0 Å². The third-order valence-electron chi connectivity index (χ3n) is 3.82. The van der Waals surface area contributed by atoms with Gasteiger partial charge in [0.1, 0.15) is 5.56 Å². The zero-order valence-electron chi connectivity index (χ0n) is 14.8. The molecule has 0 radical (unpaired) electrons. The maximum atomic E-state index is 13.7. The van der Waals surface area contributed by atoms with Crippen LogP contribution in [-0.2, 0) is 6.18 Å². The number of nitro groups is 1. The fourth-order valence-corrected chi connectivity index (χ4v) is 3.63. The first-order chi connectivity index (χ1) is 14.6. The van der Waals surface area contributed by atoms with E-state index in [0.717, 1.165) is 0 Å². The Morgan fingerprint density at radius 2 is 1.48 bits per heavy atom. The van der Waals surface area contributed by atoms with E-state index in [1.54, 1.807) is 0 Å². The third kappa shape index (κ3) is 4.81. The van der Waals surface area contributed by atoms with Gasteiger partial charge in [0.2, 0.25) is 5.83 Å². The van der Waals surface area contributed by atoms with Gasteiger partial charge in [-0.2, -0.15) is 52.7 Å². The number of thioether (sulfide) groups is 1. The van der Waals surface area contributed by atoms with E-state index >= 15 is 0 Å². The normalized spacial score (nSPS) is 18.8. The van der Waals surface area contributed by atoms with E-state index in [1.165, 1.54) is 5.32 Å². The number of halogens is 13. The monoisotopic (exact) mass is 525 g/mol. The van der Waals surface area contributed by atoms with E-state index in [1.807, 2.05) is 0 Å². The minimum absolute atomic E-state index is 0.105. The molecule has 0 aromatic heterocycles. The molecule has 0 saturated carbocycles. The van der Waals surface area contributed by atoms with Gasteiger partial charge in [0, 0.05) is 11.8 Å². The molecule has 0 aliphatic carbocycles. The van der Waals surface area contributed by atoms with Gasteiger partial charge in [0.15, 0.2) is 5.17 Å². The van der Waals surface area contributed by atoms with Crippen LogP contribution in [0.15, 0.2) is 33.9 Å². The van der Waals surface area contributed by atoms with Crippen LogP contribution in [0, 0.1) is 10.1 Å². The Labute approximate surface area is 176 Å². The van der Waals surface area contributed by atoms with Crippen LogP contribution in [-0.4, -0.2) is 34.2 Å². The molecule has 0 amide bonds. The maximum Gasteiger partial charge on any atom is 0.443 e. The fraction of sp³-hybridized carbons (Fsp3) is 0.357. The van der Waals surface area contributed by atoms with Crippen molar-refractivity contribution in [2.75, 3.05) is 5.32 Å². The highest BCUT2D eigenvalue weighted by Gasteiger charge is 2.77. The van der Waals surface area contributed by atoms with E-state index in [9.17, 15) is 67.2 Å². The van der Waals surface area contributed by atoms with E-state index in [0.29, 0.717) is 6.07 Å². The Balaban J connectivity index is 2.70. The molecule has 2 rings (SSSR count). The highest BCUT2D eigenvalue weighted by atomic mass is 32.2. The van der Waals surface area contributed by atoms with Gasteiger partial charge in [0.05, 0.1) is 9.83 Å². The summed E-state index contributed by atoms with van der Waals surface area (Å²) in [6.07, 6.45) is -25.0. The molecule has 0 atom stereocenters. The van der Waals surface area contributed by atoms with Crippen molar-refractivity contribution in [2.45, 2.75) is 30.2 Å². The van der Waals surface area contributed by atoms with Gasteiger partial charge in [0.25, 0.3) is 11.2 Å². The topological polar surface area (TPSA) is 67.5 Å². The van der Waals surface area contributed by atoms with Crippen molar-refractivity contribution in [3.05, 3.63) is 44.6 Å². The van der Waals surface area contributed by atoms with E-state index in [-0.39, 0.29) is 12.1 Å². The zero-order chi connectivity index (χ0) is 25.8. The van der Waals surface area contributed by atoms with Gasteiger partial charge in [-0.25, -0.2) is 9.38 Å². The molecule has 1 aliphatic rings. The molecular formula is C14H4F13N3O2S. The number of anilines is 1. The van der Waals surface area contributed by atoms with Gasteiger partial charge in [-0.1, -0.05) is 11.8 Å². The molecule has 1 aliphatic heterocycles. The van der Waals surface area contributed by atoms with Crippen LogP contribution >= 0.6 is 11.8 Å². The Morgan fingerprint density at radius 3 is 1.88 bits per heavy atom. The lowest BCUT2D eigenvalue weighted by atomic mass is 9.97. The predicted octanol–water partition coefficient (Wildman–Crippen LogP) is 6.74. The number of allylic oxidation sites excluding steroid dienone is 1. The lowest BCUT2D eigenvalue weighted by Crippen LogP contribution is -2.55. The van der Waals surface area contributed by atoms with Gasteiger partial charge in [-0.15, -0.1) is 0 Å². The second-order valence-electron chi connectivity index (χ2n) is 5.98. The van der Waals surface area contributed by atoms with Crippen LogP contribution < -0.4 is 5.32 Å². The largest absolute Gasteiger partial charge is 0.443 e. The first-order valence-corrected chi connectivity index (χ1v) is 8.46. The van der Waals surface area contributed by atoms with E-state index in [2.05, 4.69) is 4.99 Å². The fourth-order valence-electron chi connectivity index (χ4n) is 2.45. The average molecular weight is 525 g/mol. The second kappa shape index (κ2) is 7.94. The molecule has 0 unspecified atom stereocenters. The molecular weight excluding hydrogens is 521 g/mol. The molecule has 184 valence electrons. The third-order valence-corrected chi connectivity index (χ3v) is 4.88. The number of nitrogens with zero attached hydrogens (tertiary/aromatic N) is 2. The number of nitrogens with one attached hydrogen (secondary N) is 1. The molecule has 5 nitrogen and oxygen atoms in total. The molecule has 1 N–H and O–H groups in total. The molecule has 1 aromatic rings. The van der Waals surface area contributed by atoms with Crippen LogP contribution in [0.2, 0.25) is 0 Å². The standard InChI is InChI=1S/C14H4F13N3O2S/c15-7(12(19,20)21)8-10(13(22,23)24,14(25,26)27)29-9(33-8)28-4-1-2-6(30(31)32)5(3-4)11(16,17)18/h1-3H,(H,28,29). The minimum atomic E-state index is -6.66. The van der Waals surface area contributed by atoms with Crippen molar-refractivity contribution in [1.82, 2.24) is 0 Å². The first kappa shape index (κ1) is 26.5. The van der Waals surface area contributed by atoms with Crippen molar-refractivity contribution in [3.63, 3.8) is 0 Å². The summed E-state index contributed by atoms with van der Waals surface area (Å²) in [5, 5.41) is 10.5. The number of rotatable bonds is 2. The van der Waals surface area contributed by atoms with Crippen molar-refractivity contribution in [1.29, 1.82) is 0 Å². The van der Waals surface area contributed by atoms with Gasteiger partial charge in [-0.05, 0) is 12.1 Å². The number of hydrogen-bond acceptors (Lipinski definition) is 5. The number of nitro benzene ring substituents is 1. The Morgan fingerprint density at radius 1 is 0.970 bits per heavy atom. The predicted molar refractivity (Wildman–Crippen MR) is 85.8 cm³/mol. The van der Waals surface area contributed by atoms with Gasteiger partial charge in [-0.3, -0.25) is 10.1 Å². The van der Waals surface area contributed by atoms with Crippen LogP contribution in [0.1, 0.15) is 5.56 Å². The van der Waals surface area contributed by atoms with Crippen LogP contribution in [0.25, 0.3) is 0 Å². The quantitative estimate of drug-likeness (QED) is 0.264.